The van der Waals surface area contributed by atoms with Crippen LogP contribution < -0.4 is 9.47 Å². The molecule has 0 radical (unpaired) electrons. The van der Waals surface area contributed by atoms with Gasteiger partial charge in [-0.2, -0.15) is 0 Å². The van der Waals surface area contributed by atoms with Crippen LogP contribution in [0.4, 0.5) is 0 Å². The van der Waals surface area contributed by atoms with Gasteiger partial charge in [0.25, 0.3) is 0 Å². The standard InChI is InChI=1S/C16H24O3.C11H14O.C10H14O/c1-7-16(5,6)14(17)18-12-8-10-13(11-9-12)19-15(2,3)4;1-7-6-10-9(8(7)2)4-3-5-11(10)12;1-3-8(2)9-4-6-10(11)7-5-9/h8-11H,7H2,1-6H3;3-5,7-8,12H,6H2,1-2H3;4-8,11H,3H2,1-2H3. The summed E-state index contributed by atoms with van der Waals surface area (Å²) in [5, 5.41) is 18.6. The number of carbonyl (C=O) groups is 1. The van der Waals surface area contributed by atoms with Crippen molar-refractivity contribution in [3.8, 4) is 23.0 Å². The van der Waals surface area contributed by atoms with Gasteiger partial charge in [0.15, 0.2) is 0 Å². The molecule has 0 spiro atoms. The molecule has 0 bridgehead atoms. The molecular weight excluding hydrogens is 524 g/mol. The Labute approximate surface area is 253 Å². The minimum absolute atomic E-state index is 0.209. The van der Waals surface area contributed by atoms with E-state index in [9.17, 15) is 9.90 Å². The van der Waals surface area contributed by atoms with Gasteiger partial charge in [-0.1, -0.05) is 58.9 Å². The molecule has 3 aromatic carbocycles. The molecule has 230 valence electrons. The van der Waals surface area contributed by atoms with Crippen molar-refractivity contribution in [3.63, 3.8) is 0 Å². The molecule has 42 heavy (non-hydrogen) atoms. The van der Waals surface area contributed by atoms with Crippen molar-refractivity contribution in [2.24, 2.45) is 11.3 Å². The third-order valence-electron chi connectivity index (χ3n) is 8.03. The van der Waals surface area contributed by atoms with Crippen LogP contribution in [0.15, 0.2) is 66.7 Å². The number of rotatable bonds is 6. The third-order valence-corrected chi connectivity index (χ3v) is 8.03. The molecule has 3 unspecified atom stereocenters. The number of esters is 1. The first-order valence-corrected chi connectivity index (χ1v) is 15.2. The lowest BCUT2D eigenvalue weighted by atomic mass is 9.91. The van der Waals surface area contributed by atoms with Crippen molar-refractivity contribution < 1.29 is 24.5 Å². The summed E-state index contributed by atoms with van der Waals surface area (Å²) in [4.78, 5) is 11.9. The maximum absolute atomic E-state index is 11.9. The van der Waals surface area contributed by atoms with E-state index in [4.69, 9.17) is 14.6 Å². The zero-order valence-corrected chi connectivity index (χ0v) is 27.3. The molecule has 2 N–H and O–H groups in total. The maximum atomic E-state index is 11.9. The SMILES string of the molecule is CC1Cc2c(O)cccc2C1C.CCC(C)(C)C(=O)Oc1ccc(OC(C)(C)C)cc1.CCC(C)c1ccc(O)cc1. The minimum atomic E-state index is -0.458. The fourth-order valence-corrected chi connectivity index (χ4v) is 4.40. The number of carbonyl (C=O) groups excluding carboxylic acids is 1. The number of ether oxygens (including phenoxy) is 2. The van der Waals surface area contributed by atoms with Crippen molar-refractivity contribution in [1.82, 2.24) is 0 Å². The second-order valence-corrected chi connectivity index (χ2v) is 13.0. The number of fused-ring (bicyclic) bond motifs is 1. The van der Waals surface area contributed by atoms with Gasteiger partial charge in [-0.05, 0) is 131 Å². The molecule has 5 heteroatoms. The number of hydrogen-bond donors (Lipinski definition) is 2. The van der Waals surface area contributed by atoms with Crippen LogP contribution in [0.25, 0.3) is 0 Å². The van der Waals surface area contributed by atoms with E-state index in [2.05, 4.69) is 33.8 Å². The van der Waals surface area contributed by atoms with E-state index < -0.39 is 5.41 Å². The van der Waals surface area contributed by atoms with Crippen LogP contribution in [0, 0.1) is 11.3 Å². The average Bonchev–Trinajstić information content (AvgIpc) is 3.24. The van der Waals surface area contributed by atoms with Crippen LogP contribution in [0.3, 0.4) is 0 Å². The lowest BCUT2D eigenvalue weighted by Crippen LogP contribution is -2.28. The monoisotopic (exact) mass is 576 g/mol. The van der Waals surface area contributed by atoms with Gasteiger partial charge in [-0.25, -0.2) is 0 Å². The first-order valence-electron chi connectivity index (χ1n) is 15.2. The van der Waals surface area contributed by atoms with Gasteiger partial charge in [-0.15, -0.1) is 0 Å². The van der Waals surface area contributed by atoms with Crippen LogP contribution in [-0.2, 0) is 11.2 Å². The van der Waals surface area contributed by atoms with E-state index in [1.807, 2.05) is 71.9 Å². The van der Waals surface area contributed by atoms with Gasteiger partial charge in [-0.3, -0.25) is 4.79 Å². The first-order chi connectivity index (χ1) is 19.6. The van der Waals surface area contributed by atoms with Crippen LogP contribution in [0.1, 0.15) is 111 Å². The van der Waals surface area contributed by atoms with Crippen molar-refractivity contribution in [1.29, 1.82) is 0 Å². The van der Waals surface area contributed by atoms with E-state index in [0.29, 0.717) is 35.0 Å². The maximum Gasteiger partial charge on any atom is 0.316 e. The topological polar surface area (TPSA) is 76.0 Å². The molecule has 4 rings (SSSR count). The summed E-state index contributed by atoms with van der Waals surface area (Å²) in [5.74, 6) is 3.80. The molecule has 0 fully saturated rings. The molecule has 0 amide bonds. The molecule has 0 saturated heterocycles. The molecular formula is C37H52O5. The van der Waals surface area contributed by atoms with Gasteiger partial charge in [0, 0.05) is 0 Å². The third kappa shape index (κ3) is 10.4. The zero-order valence-electron chi connectivity index (χ0n) is 27.3. The van der Waals surface area contributed by atoms with Crippen molar-refractivity contribution in [3.05, 3.63) is 83.4 Å². The second-order valence-electron chi connectivity index (χ2n) is 13.0. The van der Waals surface area contributed by atoms with E-state index in [1.54, 1.807) is 30.3 Å². The van der Waals surface area contributed by atoms with Crippen LogP contribution in [-0.4, -0.2) is 21.8 Å². The Morgan fingerprint density at radius 2 is 1.45 bits per heavy atom. The molecule has 0 aromatic heterocycles. The Balaban J connectivity index is 0.000000231. The molecule has 1 aliphatic rings. The van der Waals surface area contributed by atoms with Crippen molar-refractivity contribution in [2.75, 3.05) is 0 Å². The summed E-state index contributed by atoms with van der Waals surface area (Å²) in [6.07, 6.45) is 2.92. The first kappa shape index (κ1) is 34.7. The second kappa shape index (κ2) is 15.1. The summed E-state index contributed by atoms with van der Waals surface area (Å²) < 4.78 is 11.1. The highest BCUT2D eigenvalue weighted by Gasteiger charge is 2.28. The van der Waals surface area contributed by atoms with Crippen molar-refractivity contribution in [2.45, 2.75) is 106 Å². The van der Waals surface area contributed by atoms with E-state index in [1.165, 1.54) is 11.1 Å². The molecule has 0 aliphatic heterocycles. The lowest BCUT2D eigenvalue weighted by molar-refractivity contribution is -0.144. The smallest absolute Gasteiger partial charge is 0.316 e. The van der Waals surface area contributed by atoms with Gasteiger partial charge in [0.05, 0.1) is 5.41 Å². The summed E-state index contributed by atoms with van der Waals surface area (Å²) in [6.45, 7) is 20.5. The van der Waals surface area contributed by atoms with E-state index >= 15 is 0 Å². The van der Waals surface area contributed by atoms with E-state index in [-0.39, 0.29) is 11.6 Å². The number of phenols is 2. The Bertz CT molecular complexity index is 1250. The van der Waals surface area contributed by atoms with Crippen LogP contribution >= 0.6 is 0 Å². The normalized spacial score (nSPS) is 16.6. The predicted octanol–water partition coefficient (Wildman–Crippen LogP) is 9.80. The van der Waals surface area contributed by atoms with Crippen LogP contribution in [0.2, 0.25) is 0 Å². The molecule has 0 saturated carbocycles. The number of hydrogen-bond acceptors (Lipinski definition) is 5. The average molecular weight is 577 g/mol. The largest absolute Gasteiger partial charge is 0.508 e. The highest BCUT2D eigenvalue weighted by atomic mass is 16.5. The number of benzene rings is 3. The summed E-state index contributed by atoms with van der Waals surface area (Å²) in [6, 6.07) is 20.4. The zero-order chi connectivity index (χ0) is 31.7. The fraction of sp³-hybridized carbons (Fsp3) is 0.486. The molecule has 3 aromatic rings. The molecule has 5 nitrogen and oxygen atoms in total. The van der Waals surface area contributed by atoms with Crippen molar-refractivity contribution >= 4 is 5.97 Å². The molecule has 1 aliphatic carbocycles. The Morgan fingerprint density at radius 1 is 0.881 bits per heavy atom. The highest BCUT2D eigenvalue weighted by Crippen LogP contribution is 2.41. The van der Waals surface area contributed by atoms with E-state index in [0.717, 1.165) is 30.6 Å². The summed E-state index contributed by atoms with van der Waals surface area (Å²) in [7, 11) is 0. The Kier molecular flexibility index (Phi) is 12.5. The lowest BCUT2D eigenvalue weighted by Gasteiger charge is -2.22. The molecule has 0 heterocycles. The van der Waals surface area contributed by atoms with Gasteiger partial charge in [0.2, 0.25) is 0 Å². The number of aromatic hydroxyl groups is 2. The number of phenolic OH excluding ortho intramolecular Hbond substituents is 2. The Morgan fingerprint density at radius 3 is 1.95 bits per heavy atom. The molecule has 3 atom stereocenters. The van der Waals surface area contributed by atoms with Gasteiger partial charge >= 0.3 is 5.97 Å². The quantitative estimate of drug-likeness (QED) is 0.226. The van der Waals surface area contributed by atoms with Gasteiger partial charge in [0.1, 0.15) is 28.6 Å². The predicted molar refractivity (Wildman–Crippen MR) is 173 cm³/mol. The summed E-state index contributed by atoms with van der Waals surface area (Å²) >= 11 is 0. The summed E-state index contributed by atoms with van der Waals surface area (Å²) in [5.41, 5.74) is 3.11. The Hall–Kier alpha value is -3.47. The minimum Gasteiger partial charge on any atom is -0.508 e. The highest BCUT2D eigenvalue weighted by molar-refractivity contribution is 5.78. The fourth-order valence-electron chi connectivity index (χ4n) is 4.40. The van der Waals surface area contributed by atoms with Crippen LogP contribution in [0.5, 0.6) is 23.0 Å². The van der Waals surface area contributed by atoms with Gasteiger partial charge < -0.3 is 19.7 Å².